The number of anilines is 2. The second-order valence-corrected chi connectivity index (χ2v) is 8.64. The Balaban J connectivity index is 1.21. The molecule has 0 unspecified atom stereocenters. The number of fused-ring (bicyclic) bond motifs is 1. The van der Waals surface area contributed by atoms with Crippen LogP contribution in [0.1, 0.15) is 42.7 Å². The Morgan fingerprint density at radius 3 is 2.66 bits per heavy atom. The molecule has 1 aliphatic carbocycles. The summed E-state index contributed by atoms with van der Waals surface area (Å²) in [6, 6.07) is 5.86. The van der Waals surface area contributed by atoms with E-state index >= 15 is 0 Å². The van der Waals surface area contributed by atoms with Gasteiger partial charge in [-0.2, -0.15) is 0 Å². The SMILES string of the molecule is O=C(CCC(=O)N1CCN(c2ccccn2)CC1)Nc1nc2c(s1)CCCCC2. The Bertz CT molecular complexity index is 823. The van der Waals surface area contributed by atoms with Crippen LogP contribution in [0.2, 0.25) is 0 Å². The number of thiazole rings is 1. The van der Waals surface area contributed by atoms with Crippen LogP contribution in [0.5, 0.6) is 0 Å². The van der Waals surface area contributed by atoms with Gasteiger partial charge >= 0.3 is 0 Å². The lowest BCUT2D eigenvalue weighted by Gasteiger charge is -2.35. The zero-order valence-corrected chi connectivity index (χ0v) is 17.4. The number of rotatable bonds is 5. The van der Waals surface area contributed by atoms with Gasteiger partial charge in [0.1, 0.15) is 5.82 Å². The van der Waals surface area contributed by atoms with Crippen LogP contribution in [0.15, 0.2) is 24.4 Å². The lowest BCUT2D eigenvalue weighted by molar-refractivity contribution is -0.133. The van der Waals surface area contributed by atoms with Gasteiger partial charge in [0.2, 0.25) is 11.8 Å². The molecule has 0 radical (unpaired) electrons. The fraction of sp³-hybridized carbons (Fsp3) is 0.524. The molecule has 1 fully saturated rings. The molecule has 0 aromatic carbocycles. The Morgan fingerprint density at radius 1 is 1.03 bits per heavy atom. The molecular formula is C21H27N5O2S. The molecule has 4 rings (SSSR count). The molecular weight excluding hydrogens is 386 g/mol. The zero-order valence-electron chi connectivity index (χ0n) is 16.6. The normalized spacial score (nSPS) is 16.8. The van der Waals surface area contributed by atoms with E-state index in [1.165, 1.54) is 24.1 Å². The maximum Gasteiger partial charge on any atom is 0.226 e. The molecule has 154 valence electrons. The van der Waals surface area contributed by atoms with Crippen molar-refractivity contribution in [3.63, 3.8) is 0 Å². The molecule has 2 aromatic heterocycles. The van der Waals surface area contributed by atoms with Crippen LogP contribution < -0.4 is 10.2 Å². The highest BCUT2D eigenvalue weighted by Crippen LogP contribution is 2.29. The predicted octanol–water partition coefficient (Wildman–Crippen LogP) is 2.87. The fourth-order valence-corrected chi connectivity index (χ4v) is 4.93. The highest BCUT2D eigenvalue weighted by Gasteiger charge is 2.22. The topological polar surface area (TPSA) is 78.4 Å². The van der Waals surface area contributed by atoms with E-state index in [2.05, 4.69) is 20.2 Å². The van der Waals surface area contributed by atoms with Crippen molar-refractivity contribution in [1.29, 1.82) is 0 Å². The predicted molar refractivity (Wildman–Crippen MR) is 114 cm³/mol. The number of nitrogens with zero attached hydrogens (tertiary/aromatic N) is 4. The van der Waals surface area contributed by atoms with Gasteiger partial charge in [0.05, 0.1) is 5.69 Å². The van der Waals surface area contributed by atoms with Crippen LogP contribution in [0.3, 0.4) is 0 Å². The first-order valence-electron chi connectivity index (χ1n) is 10.4. The van der Waals surface area contributed by atoms with E-state index in [9.17, 15) is 9.59 Å². The number of hydrogen-bond acceptors (Lipinski definition) is 6. The van der Waals surface area contributed by atoms with Crippen LogP contribution >= 0.6 is 11.3 Å². The standard InChI is InChI=1S/C21H27N5O2S/c27-19(24-21-23-16-6-2-1-3-7-17(16)29-21)9-10-20(28)26-14-12-25(13-15-26)18-8-4-5-11-22-18/h4-5,8,11H,1-3,6-7,9-10,12-15H2,(H,23,24,27). The van der Waals surface area contributed by atoms with E-state index in [0.29, 0.717) is 18.2 Å². The molecule has 1 aliphatic heterocycles. The quantitative estimate of drug-likeness (QED) is 0.763. The largest absolute Gasteiger partial charge is 0.353 e. The Labute approximate surface area is 175 Å². The molecule has 0 atom stereocenters. The van der Waals surface area contributed by atoms with Crippen molar-refractivity contribution in [2.45, 2.75) is 44.9 Å². The van der Waals surface area contributed by atoms with E-state index in [0.717, 1.165) is 37.4 Å². The van der Waals surface area contributed by atoms with Gasteiger partial charge in [-0.25, -0.2) is 9.97 Å². The second kappa shape index (κ2) is 9.35. The third-order valence-electron chi connectivity index (χ3n) is 5.51. The lowest BCUT2D eigenvalue weighted by Crippen LogP contribution is -2.49. The maximum absolute atomic E-state index is 12.5. The van der Waals surface area contributed by atoms with Gasteiger partial charge in [-0.1, -0.05) is 12.5 Å². The van der Waals surface area contributed by atoms with Crippen molar-refractivity contribution in [1.82, 2.24) is 14.9 Å². The van der Waals surface area contributed by atoms with E-state index in [4.69, 9.17) is 0 Å². The fourth-order valence-electron chi connectivity index (χ4n) is 3.87. The summed E-state index contributed by atoms with van der Waals surface area (Å²) in [6.45, 7) is 2.85. The number of nitrogens with one attached hydrogen (secondary N) is 1. The molecule has 0 spiro atoms. The Hall–Kier alpha value is -2.48. The van der Waals surface area contributed by atoms with E-state index in [1.807, 2.05) is 23.1 Å². The minimum atomic E-state index is -0.130. The first-order chi connectivity index (χ1) is 14.2. The summed E-state index contributed by atoms with van der Waals surface area (Å²) >= 11 is 1.59. The van der Waals surface area contributed by atoms with Crippen molar-refractivity contribution >= 4 is 34.1 Å². The Morgan fingerprint density at radius 2 is 1.86 bits per heavy atom. The van der Waals surface area contributed by atoms with Gasteiger partial charge in [0, 0.05) is 50.1 Å². The summed E-state index contributed by atoms with van der Waals surface area (Å²) in [6.07, 6.45) is 7.91. The first-order valence-corrected chi connectivity index (χ1v) is 11.2. The smallest absolute Gasteiger partial charge is 0.226 e. The average Bonchev–Trinajstić information content (AvgIpc) is 3.00. The van der Waals surface area contributed by atoms with Gasteiger partial charge in [-0.15, -0.1) is 11.3 Å². The summed E-state index contributed by atoms with van der Waals surface area (Å²) in [4.78, 5) is 39.1. The van der Waals surface area contributed by atoms with E-state index < -0.39 is 0 Å². The molecule has 29 heavy (non-hydrogen) atoms. The van der Waals surface area contributed by atoms with Crippen LogP contribution in [0, 0.1) is 0 Å². The molecule has 0 bridgehead atoms. The van der Waals surface area contributed by atoms with Crippen molar-refractivity contribution in [2.24, 2.45) is 0 Å². The van der Waals surface area contributed by atoms with E-state index in [1.54, 1.807) is 17.5 Å². The van der Waals surface area contributed by atoms with Crippen LogP contribution in [-0.4, -0.2) is 52.9 Å². The van der Waals surface area contributed by atoms with Crippen LogP contribution in [-0.2, 0) is 22.4 Å². The van der Waals surface area contributed by atoms with Gasteiger partial charge in [-0.05, 0) is 37.8 Å². The first kappa shape index (κ1) is 19.8. The molecule has 3 heterocycles. The molecule has 2 aliphatic rings. The lowest BCUT2D eigenvalue weighted by atomic mass is 10.2. The van der Waals surface area contributed by atoms with E-state index in [-0.39, 0.29) is 24.7 Å². The number of piperazine rings is 1. The van der Waals surface area contributed by atoms with Crippen molar-refractivity contribution in [3.05, 3.63) is 35.0 Å². The summed E-state index contributed by atoms with van der Waals surface area (Å²) in [7, 11) is 0. The number of aryl methyl sites for hydroxylation is 2. The number of carbonyl (C=O) groups excluding carboxylic acids is 2. The molecule has 2 aromatic rings. The van der Waals surface area contributed by atoms with Gasteiger partial charge in [-0.3, -0.25) is 9.59 Å². The molecule has 1 N–H and O–H groups in total. The average molecular weight is 414 g/mol. The Kier molecular flexibility index (Phi) is 6.39. The minimum Gasteiger partial charge on any atom is -0.353 e. The monoisotopic (exact) mass is 413 g/mol. The number of amides is 2. The zero-order chi connectivity index (χ0) is 20.1. The number of carbonyl (C=O) groups is 2. The maximum atomic E-state index is 12.5. The molecule has 0 saturated carbocycles. The third-order valence-corrected chi connectivity index (χ3v) is 6.59. The molecule has 1 saturated heterocycles. The number of aromatic nitrogens is 2. The minimum absolute atomic E-state index is 0.0377. The third kappa shape index (κ3) is 5.12. The second-order valence-electron chi connectivity index (χ2n) is 7.55. The summed E-state index contributed by atoms with van der Waals surface area (Å²) < 4.78 is 0. The number of hydrogen-bond donors (Lipinski definition) is 1. The van der Waals surface area contributed by atoms with Crippen molar-refractivity contribution in [2.75, 3.05) is 36.4 Å². The molecule has 2 amide bonds. The molecule has 7 nitrogen and oxygen atoms in total. The van der Waals surface area contributed by atoms with Crippen molar-refractivity contribution < 1.29 is 9.59 Å². The molecule has 8 heteroatoms. The van der Waals surface area contributed by atoms with Crippen LogP contribution in [0.4, 0.5) is 10.9 Å². The highest BCUT2D eigenvalue weighted by molar-refractivity contribution is 7.15. The summed E-state index contributed by atoms with van der Waals surface area (Å²) in [5.74, 6) is 0.853. The van der Waals surface area contributed by atoms with Gasteiger partial charge < -0.3 is 15.1 Å². The highest BCUT2D eigenvalue weighted by atomic mass is 32.1. The number of pyridine rings is 1. The summed E-state index contributed by atoms with van der Waals surface area (Å²) in [5.41, 5.74) is 1.14. The summed E-state index contributed by atoms with van der Waals surface area (Å²) in [5, 5.41) is 3.57. The van der Waals surface area contributed by atoms with Crippen LogP contribution in [0.25, 0.3) is 0 Å². The van der Waals surface area contributed by atoms with Crippen molar-refractivity contribution in [3.8, 4) is 0 Å². The van der Waals surface area contributed by atoms with Gasteiger partial charge in [0.25, 0.3) is 0 Å². The van der Waals surface area contributed by atoms with Gasteiger partial charge in [0.15, 0.2) is 5.13 Å².